The van der Waals surface area contributed by atoms with Crippen molar-refractivity contribution in [2.45, 2.75) is 6.04 Å². The first-order valence-corrected chi connectivity index (χ1v) is 6.36. The number of nitrogens with zero attached hydrogens (tertiary/aromatic N) is 2. The summed E-state index contributed by atoms with van der Waals surface area (Å²) in [5, 5.41) is 6.15. The van der Waals surface area contributed by atoms with Gasteiger partial charge >= 0.3 is 0 Å². The minimum absolute atomic E-state index is 0.225. The third-order valence-electron chi connectivity index (χ3n) is 2.39. The Kier molecular flexibility index (Phi) is 3.32. The number of hydrogen-bond donors (Lipinski definition) is 1. The molecule has 0 saturated heterocycles. The molecule has 2 heterocycles. The average Bonchev–Trinajstić information content (AvgIpc) is 2.83. The van der Waals surface area contributed by atoms with Crippen molar-refractivity contribution >= 4 is 27.3 Å². The van der Waals surface area contributed by atoms with E-state index in [4.69, 9.17) is 10.5 Å². The molecule has 2 N–H and O–H groups in total. The standard InChI is InChI=1S/C10H12BrN3OS/c1-14-9(7(15-2)5-13-14)8(12)10-6(11)3-4-16-10/h3-5,8H,12H2,1-2H3. The predicted molar refractivity (Wildman–Crippen MR) is 67.8 cm³/mol. The molecule has 1 unspecified atom stereocenters. The zero-order valence-corrected chi connectivity index (χ0v) is 11.4. The number of aryl methyl sites for hydroxylation is 1. The molecule has 0 aliphatic carbocycles. The van der Waals surface area contributed by atoms with Crippen molar-refractivity contribution in [2.24, 2.45) is 12.8 Å². The minimum atomic E-state index is -0.225. The molecular formula is C10H12BrN3OS. The van der Waals surface area contributed by atoms with Crippen LogP contribution in [0.3, 0.4) is 0 Å². The summed E-state index contributed by atoms with van der Waals surface area (Å²) in [6.07, 6.45) is 1.68. The number of ether oxygens (including phenoxy) is 1. The molecule has 2 rings (SSSR count). The molecule has 2 aromatic rings. The molecule has 6 heteroatoms. The second kappa shape index (κ2) is 4.57. The van der Waals surface area contributed by atoms with Crippen molar-refractivity contribution in [3.05, 3.63) is 32.7 Å². The molecule has 0 aromatic carbocycles. The first-order chi connectivity index (χ1) is 7.65. The molecule has 0 bridgehead atoms. The maximum absolute atomic E-state index is 6.22. The van der Waals surface area contributed by atoms with Crippen LogP contribution in [-0.2, 0) is 7.05 Å². The van der Waals surface area contributed by atoms with Crippen LogP contribution in [0, 0.1) is 0 Å². The number of hydrogen-bond acceptors (Lipinski definition) is 4. The normalized spacial score (nSPS) is 12.8. The first-order valence-electron chi connectivity index (χ1n) is 4.69. The van der Waals surface area contributed by atoms with Gasteiger partial charge in [-0.3, -0.25) is 4.68 Å². The quantitative estimate of drug-likeness (QED) is 0.946. The average molecular weight is 302 g/mol. The molecule has 2 aromatic heterocycles. The molecule has 0 amide bonds. The predicted octanol–water partition coefficient (Wildman–Crippen LogP) is 2.30. The van der Waals surface area contributed by atoms with Crippen LogP contribution < -0.4 is 10.5 Å². The summed E-state index contributed by atoms with van der Waals surface area (Å²) in [5.41, 5.74) is 7.10. The molecule has 0 aliphatic heterocycles. The Morgan fingerprint density at radius 3 is 2.94 bits per heavy atom. The summed E-state index contributed by atoms with van der Waals surface area (Å²) in [7, 11) is 3.48. The van der Waals surface area contributed by atoms with Crippen LogP contribution in [0.4, 0.5) is 0 Å². The topological polar surface area (TPSA) is 53.1 Å². The third kappa shape index (κ3) is 1.88. The van der Waals surface area contributed by atoms with E-state index in [0.29, 0.717) is 0 Å². The highest BCUT2D eigenvalue weighted by molar-refractivity contribution is 9.10. The number of rotatable bonds is 3. The number of methoxy groups -OCH3 is 1. The Labute approximate surface area is 106 Å². The Morgan fingerprint density at radius 1 is 1.62 bits per heavy atom. The van der Waals surface area contributed by atoms with Gasteiger partial charge in [0.1, 0.15) is 5.69 Å². The Balaban J connectivity index is 2.44. The number of halogens is 1. The Bertz CT molecular complexity index is 494. The molecule has 1 atom stereocenters. The largest absolute Gasteiger partial charge is 0.493 e. The fraction of sp³-hybridized carbons (Fsp3) is 0.300. The van der Waals surface area contributed by atoms with E-state index in [1.165, 1.54) is 0 Å². The van der Waals surface area contributed by atoms with E-state index < -0.39 is 0 Å². The molecule has 0 spiro atoms. The van der Waals surface area contributed by atoms with Crippen LogP contribution in [0.5, 0.6) is 5.75 Å². The van der Waals surface area contributed by atoms with Crippen molar-refractivity contribution in [3.63, 3.8) is 0 Å². The first kappa shape index (κ1) is 11.6. The highest BCUT2D eigenvalue weighted by Crippen LogP contribution is 2.34. The van der Waals surface area contributed by atoms with Gasteiger partial charge in [-0.05, 0) is 27.4 Å². The van der Waals surface area contributed by atoms with Crippen LogP contribution in [-0.4, -0.2) is 16.9 Å². The second-order valence-electron chi connectivity index (χ2n) is 3.33. The van der Waals surface area contributed by atoms with E-state index in [1.807, 2.05) is 18.5 Å². The Morgan fingerprint density at radius 2 is 2.38 bits per heavy atom. The molecule has 86 valence electrons. The summed E-state index contributed by atoms with van der Waals surface area (Å²) in [5.74, 6) is 0.718. The van der Waals surface area contributed by atoms with Gasteiger partial charge in [0.05, 0.1) is 19.3 Å². The monoisotopic (exact) mass is 301 g/mol. The molecular weight excluding hydrogens is 290 g/mol. The third-order valence-corrected chi connectivity index (χ3v) is 4.34. The molecule has 4 nitrogen and oxygen atoms in total. The zero-order chi connectivity index (χ0) is 11.7. The molecule has 0 aliphatic rings. The zero-order valence-electron chi connectivity index (χ0n) is 8.98. The van der Waals surface area contributed by atoms with Crippen LogP contribution in [0.1, 0.15) is 16.6 Å². The second-order valence-corrected chi connectivity index (χ2v) is 5.13. The lowest BCUT2D eigenvalue weighted by molar-refractivity contribution is 0.406. The molecule has 0 radical (unpaired) electrons. The number of nitrogens with two attached hydrogens (primary N) is 1. The van der Waals surface area contributed by atoms with Gasteiger partial charge in [-0.15, -0.1) is 11.3 Å². The molecule has 16 heavy (non-hydrogen) atoms. The summed E-state index contributed by atoms with van der Waals surface area (Å²) in [4.78, 5) is 1.07. The van der Waals surface area contributed by atoms with Crippen molar-refractivity contribution in [1.29, 1.82) is 0 Å². The van der Waals surface area contributed by atoms with E-state index in [9.17, 15) is 0 Å². The van der Waals surface area contributed by atoms with Gasteiger partial charge in [0.15, 0.2) is 5.75 Å². The minimum Gasteiger partial charge on any atom is -0.493 e. The number of aromatic nitrogens is 2. The fourth-order valence-electron chi connectivity index (χ4n) is 1.59. The van der Waals surface area contributed by atoms with E-state index >= 15 is 0 Å². The highest BCUT2D eigenvalue weighted by Gasteiger charge is 2.21. The smallest absolute Gasteiger partial charge is 0.161 e. The summed E-state index contributed by atoms with van der Waals surface area (Å²) in [6, 6.07) is 1.76. The van der Waals surface area contributed by atoms with Gasteiger partial charge in [-0.2, -0.15) is 5.10 Å². The van der Waals surface area contributed by atoms with Gasteiger partial charge in [0.2, 0.25) is 0 Å². The van der Waals surface area contributed by atoms with Crippen molar-refractivity contribution in [3.8, 4) is 5.75 Å². The van der Waals surface area contributed by atoms with Crippen molar-refractivity contribution in [2.75, 3.05) is 7.11 Å². The lowest BCUT2D eigenvalue weighted by atomic mass is 10.2. The SMILES string of the molecule is COc1cnn(C)c1C(N)c1sccc1Br. The van der Waals surface area contributed by atoms with Gasteiger partial charge in [-0.1, -0.05) is 0 Å². The lowest BCUT2D eigenvalue weighted by Crippen LogP contribution is -2.16. The van der Waals surface area contributed by atoms with Crippen LogP contribution in [0.2, 0.25) is 0 Å². The van der Waals surface area contributed by atoms with Crippen molar-refractivity contribution in [1.82, 2.24) is 9.78 Å². The van der Waals surface area contributed by atoms with Crippen LogP contribution in [0.25, 0.3) is 0 Å². The van der Waals surface area contributed by atoms with Gasteiger partial charge in [0, 0.05) is 16.4 Å². The number of thiophene rings is 1. The van der Waals surface area contributed by atoms with E-state index in [1.54, 1.807) is 29.3 Å². The van der Waals surface area contributed by atoms with Crippen LogP contribution >= 0.6 is 27.3 Å². The Hall–Kier alpha value is -0.850. The maximum atomic E-state index is 6.22. The van der Waals surface area contributed by atoms with Crippen molar-refractivity contribution < 1.29 is 4.74 Å². The van der Waals surface area contributed by atoms with E-state index in [2.05, 4.69) is 21.0 Å². The highest BCUT2D eigenvalue weighted by atomic mass is 79.9. The maximum Gasteiger partial charge on any atom is 0.161 e. The van der Waals surface area contributed by atoms with Gasteiger partial charge in [0.25, 0.3) is 0 Å². The fourth-order valence-corrected chi connectivity index (χ4v) is 3.21. The van der Waals surface area contributed by atoms with Gasteiger partial charge in [-0.25, -0.2) is 0 Å². The lowest BCUT2D eigenvalue weighted by Gasteiger charge is -2.13. The van der Waals surface area contributed by atoms with E-state index in [-0.39, 0.29) is 6.04 Å². The van der Waals surface area contributed by atoms with Gasteiger partial charge < -0.3 is 10.5 Å². The summed E-state index contributed by atoms with van der Waals surface area (Å²) in [6.45, 7) is 0. The van der Waals surface area contributed by atoms with E-state index in [0.717, 1.165) is 20.8 Å². The van der Waals surface area contributed by atoms with Crippen LogP contribution in [0.15, 0.2) is 22.1 Å². The summed E-state index contributed by atoms with van der Waals surface area (Å²) >= 11 is 5.10. The summed E-state index contributed by atoms with van der Waals surface area (Å²) < 4.78 is 8.02. The molecule has 0 fully saturated rings. The molecule has 0 saturated carbocycles.